The lowest BCUT2D eigenvalue weighted by Gasteiger charge is -2.42. The second-order valence-electron chi connectivity index (χ2n) is 11.9. The van der Waals surface area contributed by atoms with Gasteiger partial charge in [0, 0.05) is 42.7 Å². The number of hydrogen-bond donors (Lipinski definition) is 0. The van der Waals surface area contributed by atoms with Gasteiger partial charge in [0.1, 0.15) is 23.9 Å². The maximum absolute atomic E-state index is 13.4. The number of allylic oxidation sites excluding steroid dienone is 4. The summed E-state index contributed by atoms with van der Waals surface area (Å²) in [7, 11) is 0. The van der Waals surface area contributed by atoms with Gasteiger partial charge in [0.15, 0.2) is 11.6 Å². The molecule has 0 saturated heterocycles. The zero-order valence-electron chi connectivity index (χ0n) is 21.4. The molecule has 1 aliphatic heterocycles. The topological polar surface area (TPSA) is 52.6 Å². The second-order valence-corrected chi connectivity index (χ2v) is 11.9. The van der Waals surface area contributed by atoms with Crippen LogP contribution in [0.15, 0.2) is 71.2 Å². The van der Waals surface area contributed by atoms with Gasteiger partial charge in [0.2, 0.25) is 0 Å². The Morgan fingerprint density at radius 2 is 1.40 bits per heavy atom. The highest BCUT2D eigenvalue weighted by Gasteiger charge is 2.47. The van der Waals surface area contributed by atoms with E-state index in [-0.39, 0.29) is 28.3 Å². The zero-order chi connectivity index (χ0) is 25.0. The van der Waals surface area contributed by atoms with Gasteiger partial charge in [-0.25, -0.2) is 0 Å². The number of benzene rings is 2. The largest absolute Gasteiger partial charge is 0.489 e. The van der Waals surface area contributed by atoms with Crippen LogP contribution < -0.4 is 4.74 Å². The van der Waals surface area contributed by atoms with Crippen molar-refractivity contribution in [1.82, 2.24) is 0 Å². The molecule has 3 aliphatic rings. The van der Waals surface area contributed by atoms with Gasteiger partial charge in [0.05, 0.1) is 0 Å². The van der Waals surface area contributed by atoms with Gasteiger partial charge in [0.25, 0.3) is 0 Å². The molecule has 0 radical (unpaired) electrons. The van der Waals surface area contributed by atoms with Gasteiger partial charge < -0.3 is 9.47 Å². The molecule has 4 heteroatoms. The summed E-state index contributed by atoms with van der Waals surface area (Å²) in [5.74, 6) is 2.07. The predicted molar refractivity (Wildman–Crippen MR) is 136 cm³/mol. The van der Waals surface area contributed by atoms with Crippen LogP contribution >= 0.6 is 0 Å². The number of hydrogen-bond acceptors (Lipinski definition) is 4. The Morgan fingerprint density at radius 3 is 1.94 bits per heavy atom. The number of aryl methyl sites for hydroxylation is 1. The third-order valence-electron chi connectivity index (χ3n) is 7.28. The number of rotatable bonds is 4. The number of carbonyl (C=O) groups excluding carboxylic acids is 2. The van der Waals surface area contributed by atoms with E-state index < -0.39 is 0 Å². The molecule has 0 amide bonds. The maximum atomic E-state index is 13.4. The molecule has 182 valence electrons. The first-order chi connectivity index (χ1) is 16.5. The molecule has 0 unspecified atom stereocenters. The first-order valence-corrected chi connectivity index (χ1v) is 12.5. The number of carbonyl (C=O) groups is 2. The lowest BCUT2D eigenvalue weighted by molar-refractivity contribution is -0.120. The number of ketones is 2. The lowest BCUT2D eigenvalue weighted by Crippen LogP contribution is -2.37. The van der Waals surface area contributed by atoms with Crippen molar-refractivity contribution < 1.29 is 19.1 Å². The molecule has 0 aromatic heterocycles. The van der Waals surface area contributed by atoms with Gasteiger partial charge in [-0.2, -0.15) is 0 Å². The normalized spacial score (nSPS) is 21.4. The van der Waals surface area contributed by atoms with Crippen LogP contribution in [0.25, 0.3) is 0 Å². The molecular weight excluding hydrogens is 436 g/mol. The second kappa shape index (κ2) is 8.51. The van der Waals surface area contributed by atoms with E-state index in [0.29, 0.717) is 43.4 Å². The van der Waals surface area contributed by atoms with Gasteiger partial charge in [-0.05, 0) is 41.0 Å². The molecule has 0 spiro atoms. The van der Waals surface area contributed by atoms with Crippen molar-refractivity contribution in [3.8, 4) is 5.75 Å². The van der Waals surface area contributed by atoms with Crippen molar-refractivity contribution in [3.63, 3.8) is 0 Å². The van der Waals surface area contributed by atoms with E-state index in [1.165, 1.54) is 5.56 Å². The van der Waals surface area contributed by atoms with Crippen molar-refractivity contribution in [2.75, 3.05) is 0 Å². The fraction of sp³-hybridized carbons (Fsp3) is 0.419. The molecule has 0 bridgehead atoms. The van der Waals surface area contributed by atoms with E-state index in [1.54, 1.807) is 0 Å². The van der Waals surface area contributed by atoms with Gasteiger partial charge in [-0.3, -0.25) is 9.59 Å². The third kappa shape index (κ3) is 4.71. The van der Waals surface area contributed by atoms with Crippen LogP contribution in [0, 0.1) is 17.8 Å². The van der Waals surface area contributed by atoms with Crippen LogP contribution in [0.3, 0.4) is 0 Å². The highest BCUT2D eigenvalue weighted by Crippen LogP contribution is 2.53. The zero-order valence-corrected chi connectivity index (χ0v) is 21.4. The molecule has 0 N–H and O–H groups in total. The Labute approximate surface area is 208 Å². The Bertz CT molecular complexity index is 1210. The molecule has 35 heavy (non-hydrogen) atoms. The van der Waals surface area contributed by atoms with Crippen molar-refractivity contribution in [2.45, 2.75) is 72.8 Å². The van der Waals surface area contributed by atoms with Gasteiger partial charge in [-0.15, -0.1) is 0 Å². The minimum absolute atomic E-state index is 0.0882. The summed E-state index contributed by atoms with van der Waals surface area (Å²) >= 11 is 0. The summed E-state index contributed by atoms with van der Waals surface area (Å²) in [6.07, 6.45) is 2.33. The first kappa shape index (κ1) is 23.6. The van der Waals surface area contributed by atoms with E-state index in [1.807, 2.05) is 30.3 Å². The molecular formula is C31H34O4. The predicted octanol–water partition coefficient (Wildman–Crippen LogP) is 6.97. The summed E-state index contributed by atoms with van der Waals surface area (Å²) in [6.45, 7) is 11.0. The van der Waals surface area contributed by atoms with E-state index in [2.05, 4.69) is 52.8 Å². The lowest BCUT2D eigenvalue weighted by atomic mass is 9.65. The molecule has 1 heterocycles. The average Bonchev–Trinajstić information content (AvgIpc) is 2.75. The quantitative estimate of drug-likeness (QED) is 0.484. The molecule has 2 aromatic carbocycles. The van der Waals surface area contributed by atoms with Crippen LogP contribution in [0.2, 0.25) is 0 Å². The Morgan fingerprint density at radius 1 is 0.829 bits per heavy atom. The van der Waals surface area contributed by atoms with E-state index in [9.17, 15) is 9.59 Å². The fourth-order valence-corrected chi connectivity index (χ4v) is 5.73. The van der Waals surface area contributed by atoms with Crippen LogP contribution in [0.1, 0.15) is 76.0 Å². The summed E-state index contributed by atoms with van der Waals surface area (Å²) in [5, 5.41) is 0. The van der Waals surface area contributed by atoms with Crippen molar-refractivity contribution >= 4 is 11.6 Å². The summed E-state index contributed by atoms with van der Waals surface area (Å²) < 4.78 is 12.4. The molecule has 2 aromatic rings. The maximum Gasteiger partial charge on any atom is 0.163 e. The monoisotopic (exact) mass is 470 g/mol. The SMILES string of the molecule is Cc1cccc(COc2ccc(C3C4=C(CC(C)(C)CC4=O)OC4=C3C(=O)CC(C)(C)C4)cc2)c1. The Kier molecular flexibility index (Phi) is 5.74. The van der Waals surface area contributed by atoms with E-state index in [4.69, 9.17) is 9.47 Å². The molecule has 4 nitrogen and oxygen atoms in total. The smallest absolute Gasteiger partial charge is 0.163 e. The molecule has 2 aliphatic carbocycles. The van der Waals surface area contributed by atoms with Gasteiger partial charge in [-0.1, -0.05) is 69.7 Å². The molecule has 5 rings (SSSR count). The third-order valence-corrected chi connectivity index (χ3v) is 7.28. The standard InChI is InChI=1S/C31H34O4/c1-19-7-6-8-20(13-19)18-34-22-11-9-21(10-12-22)27-28-23(32)14-30(2,3)16-25(28)35-26-17-31(4,5)15-24(33)29(26)27/h6-13,27H,14-18H2,1-5H3. The van der Waals surface area contributed by atoms with Crippen LogP contribution in [-0.2, 0) is 20.9 Å². The molecule has 0 fully saturated rings. The first-order valence-electron chi connectivity index (χ1n) is 12.5. The van der Waals surface area contributed by atoms with Crippen LogP contribution in [-0.4, -0.2) is 11.6 Å². The Balaban J connectivity index is 1.49. The van der Waals surface area contributed by atoms with Crippen LogP contribution in [0.4, 0.5) is 0 Å². The fourth-order valence-electron chi connectivity index (χ4n) is 5.73. The number of ether oxygens (including phenoxy) is 2. The van der Waals surface area contributed by atoms with Crippen molar-refractivity contribution in [2.24, 2.45) is 10.8 Å². The highest BCUT2D eigenvalue weighted by atomic mass is 16.5. The minimum Gasteiger partial charge on any atom is -0.489 e. The van der Waals surface area contributed by atoms with Crippen molar-refractivity contribution in [1.29, 1.82) is 0 Å². The van der Waals surface area contributed by atoms with E-state index in [0.717, 1.165) is 28.4 Å². The molecule has 0 saturated carbocycles. The highest BCUT2D eigenvalue weighted by molar-refractivity contribution is 6.06. The van der Waals surface area contributed by atoms with Gasteiger partial charge >= 0.3 is 0 Å². The summed E-state index contributed by atoms with van der Waals surface area (Å²) in [6, 6.07) is 16.1. The molecule has 0 atom stereocenters. The summed E-state index contributed by atoms with van der Waals surface area (Å²) in [4.78, 5) is 26.8. The Hall–Kier alpha value is -3.14. The number of Topliss-reactive ketones (excluding diaryl/α,β-unsaturated/α-hetero) is 2. The van der Waals surface area contributed by atoms with Crippen LogP contribution in [0.5, 0.6) is 5.75 Å². The average molecular weight is 471 g/mol. The van der Waals surface area contributed by atoms with Crippen molar-refractivity contribution in [3.05, 3.63) is 87.9 Å². The minimum atomic E-state index is -0.369. The summed E-state index contributed by atoms with van der Waals surface area (Å²) in [5.41, 5.74) is 4.30. The van der Waals surface area contributed by atoms with E-state index >= 15 is 0 Å².